The summed E-state index contributed by atoms with van der Waals surface area (Å²) in [4.78, 5) is 7.93. The number of thiophene rings is 1. The van der Waals surface area contributed by atoms with Crippen LogP contribution in [0, 0.1) is 0 Å². The fourth-order valence-corrected chi connectivity index (χ4v) is 15.5. The third-order valence-corrected chi connectivity index (χ3v) is 20.5. The van der Waals surface area contributed by atoms with Gasteiger partial charge in [0.05, 0.1) is 5.69 Å². The zero-order valence-corrected chi connectivity index (χ0v) is 52.7. The Balaban J connectivity index is 1.07. The minimum absolute atomic E-state index is 0.0000102. The van der Waals surface area contributed by atoms with E-state index in [4.69, 9.17) is 0 Å². The molecule has 0 fully saturated rings. The van der Waals surface area contributed by atoms with Gasteiger partial charge in [0, 0.05) is 71.1 Å². The van der Waals surface area contributed by atoms with Gasteiger partial charge in [-0.1, -0.05) is 227 Å². The van der Waals surface area contributed by atoms with Crippen molar-refractivity contribution in [2.24, 2.45) is 0 Å². The second-order valence-corrected chi connectivity index (χ2v) is 29.1. The van der Waals surface area contributed by atoms with E-state index < -0.39 is 0 Å². The van der Waals surface area contributed by atoms with Gasteiger partial charge < -0.3 is 14.6 Å². The normalized spacial score (nSPS) is 14.8. The van der Waals surface area contributed by atoms with Crippen LogP contribution in [0.25, 0.3) is 64.7 Å². The molecule has 11 aromatic carbocycles. The fourth-order valence-electron chi connectivity index (χ4n) is 14.4. The van der Waals surface area contributed by atoms with E-state index in [9.17, 15) is 0 Å². The molecule has 0 N–H and O–H groups in total. The van der Waals surface area contributed by atoms with Gasteiger partial charge in [0.25, 0.3) is 0 Å². The number of hydrogen-bond acceptors (Lipinski definition) is 4. The number of anilines is 8. The van der Waals surface area contributed by atoms with Crippen LogP contribution in [0.15, 0.2) is 243 Å². The van der Waals surface area contributed by atoms with Gasteiger partial charge in [0.2, 0.25) is 0 Å². The first kappa shape index (κ1) is 54.7. The maximum Gasteiger partial charge on any atom is 0.333 e. The van der Waals surface area contributed by atoms with Crippen molar-refractivity contribution >= 4 is 94.8 Å². The molecule has 0 unspecified atom stereocenters. The Labute approximate surface area is 519 Å². The summed E-state index contributed by atoms with van der Waals surface area (Å²) in [6.07, 6.45) is 2.30. The third kappa shape index (κ3) is 9.31. The Kier molecular flexibility index (Phi) is 12.8. The highest BCUT2D eigenvalue weighted by molar-refractivity contribution is 7.25. The van der Waals surface area contributed by atoms with Gasteiger partial charge in [-0.3, -0.25) is 0 Å². The fraction of sp³-hybridized carbons (Fsp3) is 0.195. The van der Waals surface area contributed by atoms with Crippen molar-refractivity contribution in [3.05, 3.63) is 265 Å². The maximum absolute atomic E-state index is 2.77. The lowest BCUT2D eigenvalue weighted by Crippen LogP contribution is -2.61. The average Bonchev–Trinajstić information content (AvgIpc) is 1.26. The van der Waals surface area contributed by atoms with Gasteiger partial charge in [0.15, 0.2) is 0 Å². The highest BCUT2D eigenvalue weighted by Crippen LogP contribution is 2.55. The van der Waals surface area contributed by atoms with E-state index in [1.807, 2.05) is 11.3 Å². The van der Waals surface area contributed by atoms with Crippen LogP contribution in [0.4, 0.5) is 45.5 Å². The molecule has 426 valence electrons. The van der Waals surface area contributed by atoms with Gasteiger partial charge in [-0.2, -0.15) is 0 Å². The molecule has 3 heterocycles. The quantitative estimate of drug-likeness (QED) is 0.140. The van der Waals surface area contributed by atoms with Crippen LogP contribution in [0.5, 0.6) is 0 Å². The van der Waals surface area contributed by atoms with Gasteiger partial charge >= 0.3 is 6.85 Å². The van der Waals surface area contributed by atoms with E-state index in [-0.39, 0.29) is 28.5 Å². The molecule has 87 heavy (non-hydrogen) atoms. The molecule has 3 aliphatic rings. The lowest BCUT2D eigenvalue weighted by atomic mass is 9.43. The number of benzene rings is 11. The standard InChI is InChI=1S/C82H74BN3S/c1-79(2,3)58-36-41-72(65(46-58)55-28-18-13-19-29-55)85-74-50-62(84(60-32-22-30-56(44-60)53-24-14-11-15-25-53)61-33-23-31-57(45-61)54-26-16-12-17-27-54)38-40-71(74)83-78-68(47-59(48-75(78)85)80(4,5)6)66-52-77-67(64-34-20-21-35-76(64)87-77)51-73(66)86(83)63-37-39-69-70(49-63)82(9,10)43-42-81(69,7)8/h11-41,44-52H,42-43H2,1-10H3. The van der Waals surface area contributed by atoms with Gasteiger partial charge in [0.1, 0.15) is 0 Å². The van der Waals surface area contributed by atoms with Crippen LogP contribution in [0.3, 0.4) is 0 Å². The zero-order chi connectivity index (χ0) is 59.7. The van der Waals surface area contributed by atoms with Crippen LogP contribution in [0.2, 0.25) is 0 Å². The molecule has 0 bridgehead atoms. The van der Waals surface area contributed by atoms with Gasteiger partial charge in [-0.05, 0) is 186 Å². The van der Waals surface area contributed by atoms with Gasteiger partial charge in [-0.25, -0.2) is 0 Å². The Morgan fingerprint density at radius 3 is 1.61 bits per heavy atom. The summed E-state index contributed by atoms with van der Waals surface area (Å²) in [5.74, 6) is 0. The molecule has 2 aliphatic heterocycles. The molecule has 0 saturated heterocycles. The van der Waals surface area contributed by atoms with Crippen molar-refractivity contribution in [3.8, 4) is 44.5 Å². The van der Waals surface area contributed by atoms with E-state index in [2.05, 4.69) is 327 Å². The summed E-state index contributed by atoms with van der Waals surface area (Å²) in [5.41, 5.74) is 26.8. The number of nitrogens with zero attached hydrogens (tertiary/aromatic N) is 3. The molecule has 0 amide bonds. The second-order valence-electron chi connectivity index (χ2n) is 28.0. The molecule has 3 nitrogen and oxygen atoms in total. The minimum atomic E-state index is -0.206. The smallest absolute Gasteiger partial charge is 0.333 e. The molecule has 15 rings (SSSR count). The van der Waals surface area contributed by atoms with Crippen molar-refractivity contribution in [2.75, 3.05) is 14.6 Å². The first-order valence-corrected chi connectivity index (χ1v) is 32.0. The third-order valence-electron chi connectivity index (χ3n) is 19.4. The summed E-state index contributed by atoms with van der Waals surface area (Å²) in [6.45, 7) is 23.8. The topological polar surface area (TPSA) is 9.72 Å². The van der Waals surface area contributed by atoms with Crippen LogP contribution in [-0.2, 0) is 21.7 Å². The highest BCUT2D eigenvalue weighted by Gasteiger charge is 2.48. The predicted molar refractivity (Wildman–Crippen MR) is 377 cm³/mol. The zero-order valence-electron chi connectivity index (χ0n) is 51.8. The number of fused-ring (bicyclic) bond motifs is 8. The maximum atomic E-state index is 2.77. The van der Waals surface area contributed by atoms with Crippen molar-refractivity contribution in [2.45, 2.75) is 104 Å². The molecular formula is C82H74BN3S. The van der Waals surface area contributed by atoms with E-state index in [0.717, 1.165) is 41.3 Å². The molecule has 1 aliphatic carbocycles. The predicted octanol–water partition coefficient (Wildman–Crippen LogP) is 22.2. The molecule has 5 heteroatoms. The van der Waals surface area contributed by atoms with Crippen molar-refractivity contribution in [1.82, 2.24) is 0 Å². The van der Waals surface area contributed by atoms with E-state index >= 15 is 0 Å². The summed E-state index contributed by atoms with van der Waals surface area (Å²) in [5, 5.41) is 2.61. The second kappa shape index (κ2) is 20.4. The van der Waals surface area contributed by atoms with Gasteiger partial charge in [-0.15, -0.1) is 11.3 Å². The average molecular weight is 1140 g/mol. The van der Waals surface area contributed by atoms with Crippen LogP contribution >= 0.6 is 11.3 Å². The molecule has 0 saturated carbocycles. The summed E-state index contributed by atoms with van der Waals surface area (Å²) < 4.78 is 2.62. The number of hydrogen-bond donors (Lipinski definition) is 0. The molecular weight excluding hydrogens is 1070 g/mol. The Bertz CT molecular complexity index is 4590. The molecule has 0 radical (unpaired) electrons. The van der Waals surface area contributed by atoms with Crippen molar-refractivity contribution < 1.29 is 0 Å². The Hall–Kier alpha value is -8.90. The summed E-state index contributed by atoms with van der Waals surface area (Å²) in [6, 6.07) is 92.5. The van der Waals surface area contributed by atoms with Crippen LogP contribution < -0.4 is 25.5 Å². The summed E-state index contributed by atoms with van der Waals surface area (Å²) in [7, 11) is 0. The SMILES string of the molecule is CC(C)(C)c1ccc(N2c3cc(N(c4cccc(-c5ccccc5)c4)c4cccc(-c5ccccc5)c4)ccc3B3c4c(cc(C(C)(C)C)cc42)-c2cc4sc5ccccc5c4cc2N3c2ccc3c(c2)C(C)(C)CCC3(C)C)c(-c2ccccc2)c1. The Morgan fingerprint density at radius 2 is 0.966 bits per heavy atom. The first-order chi connectivity index (χ1) is 41.9. The number of rotatable bonds is 8. The lowest BCUT2D eigenvalue weighted by Gasteiger charge is -2.48. The monoisotopic (exact) mass is 1140 g/mol. The van der Waals surface area contributed by atoms with Crippen molar-refractivity contribution in [3.63, 3.8) is 0 Å². The lowest BCUT2D eigenvalue weighted by molar-refractivity contribution is 0.332. The van der Waals surface area contributed by atoms with Crippen LogP contribution in [0.1, 0.15) is 104 Å². The van der Waals surface area contributed by atoms with Crippen LogP contribution in [-0.4, -0.2) is 6.85 Å². The molecule has 0 spiro atoms. The summed E-state index contributed by atoms with van der Waals surface area (Å²) >= 11 is 1.91. The molecule has 1 aromatic heterocycles. The van der Waals surface area contributed by atoms with E-state index in [1.54, 1.807) is 0 Å². The minimum Gasteiger partial charge on any atom is -0.376 e. The largest absolute Gasteiger partial charge is 0.376 e. The Morgan fingerprint density at radius 1 is 0.391 bits per heavy atom. The van der Waals surface area contributed by atoms with E-state index in [0.29, 0.717) is 0 Å². The molecule has 0 atom stereocenters. The molecule has 12 aromatic rings. The highest BCUT2D eigenvalue weighted by atomic mass is 32.1. The van der Waals surface area contributed by atoms with Crippen molar-refractivity contribution in [1.29, 1.82) is 0 Å². The first-order valence-electron chi connectivity index (χ1n) is 31.2. The van der Waals surface area contributed by atoms with E-state index in [1.165, 1.54) is 115 Å².